The fourth-order valence-corrected chi connectivity index (χ4v) is 3.19. The molecule has 0 radical (unpaired) electrons. The molecule has 0 bridgehead atoms. The van der Waals surface area contributed by atoms with Gasteiger partial charge < -0.3 is 5.32 Å². The van der Waals surface area contributed by atoms with Crippen LogP contribution < -0.4 is 10.2 Å². The van der Waals surface area contributed by atoms with Crippen LogP contribution in [0, 0.1) is 11.6 Å². The van der Waals surface area contributed by atoms with Crippen molar-refractivity contribution < 1.29 is 18.4 Å². The van der Waals surface area contributed by atoms with Crippen molar-refractivity contribution in [3.63, 3.8) is 0 Å². The second kappa shape index (κ2) is 9.19. The first-order chi connectivity index (χ1) is 14.3. The number of nitrogens with one attached hydrogen (secondary N) is 1. The quantitative estimate of drug-likeness (QED) is 0.556. The Kier molecular flexibility index (Phi) is 6.64. The van der Waals surface area contributed by atoms with E-state index in [0.29, 0.717) is 11.3 Å². The van der Waals surface area contributed by atoms with Crippen LogP contribution in [0.1, 0.15) is 12.5 Å². The average molecular weight is 450 g/mol. The molecule has 2 aromatic carbocycles. The zero-order valence-electron chi connectivity index (χ0n) is 15.6. The van der Waals surface area contributed by atoms with Crippen molar-refractivity contribution in [3.8, 4) is 0 Å². The third-order valence-electron chi connectivity index (χ3n) is 4.10. The van der Waals surface area contributed by atoms with E-state index in [-0.39, 0.29) is 28.0 Å². The summed E-state index contributed by atoms with van der Waals surface area (Å²) in [6.07, 6.45) is 1.23. The van der Waals surface area contributed by atoms with Crippen LogP contribution in [0.3, 0.4) is 0 Å². The highest BCUT2D eigenvalue weighted by Gasteiger charge is 2.20. The van der Waals surface area contributed by atoms with Crippen molar-refractivity contribution in [1.82, 2.24) is 4.98 Å². The molecule has 0 saturated carbocycles. The van der Waals surface area contributed by atoms with Crippen LogP contribution >= 0.6 is 23.2 Å². The molecule has 3 rings (SSSR count). The van der Waals surface area contributed by atoms with E-state index in [4.69, 9.17) is 23.2 Å². The summed E-state index contributed by atoms with van der Waals surface area (Å²) in [6.45, 7) is 1.28. The zero-order valence-corrected chi connectivity index (χ0v) is 17.1. The van der Waals surface area contributed by atoms with Crippen LogP contribution in [0.2, 0.25) is 10.0 Å². The van der Waals surface area contributed by atoms with Crippen LogP contribution in [-0.4, -0.2) is 16.8 Å². The zero-order chi connectivity index (χ0) is 21.8. The Hall–Kier alpha value is -3.03. The maximum Gasteiger partial charge on any atom is 0.229 e. The smallest absolute Gasteiger partial charge is 0.229 e. The summed E-state index contributed by atoms with van der Waals surface area (Å²) in [5, 5.41) is 2.68. The number of amides is 2. The van der Waals surface area contributed by atoms with E-state index in [9.17, 15) is 18.4 Å². The summed E-state index contributed by atoms with van der Waals surface area (Å²) in [7, 11) is 0. The third kappa shape index (κ3) is 4.93. The molecule has 0 saturated heterocycles. The van der Waals surface area contributed by atoms with E-state index in [1.807, 2.05) is 0 Å². The molecule has 1 heterocycles. The van der Waals surface area contributed by atoms with Gasteiger partial charge in [-0.1, -0.05) is 35.3 Å². The second-order valence-corrected chi connectivity index (χ2v) is 7.08. The number of halogens is 4. The predicted molar refractivity (Wildman–Crippen MR) is 112 cm³/mol. The van der Waals surface area contributed by atoms with E-state index in [2.05, 4.69) is 10.3 Å². The molecule has 0 atom stereocenters. The van der Waals surface area contributed by atoms with Gasteiger partial charge in [0.2, 0.25) is 11.8 Å². The van der Waals surface area contributed by atoms with Gasteiger partial charge in [-0.05, 0) is 35.9 Å². The van der Waals surface area contributed by atoms with Crippen molar-refractivity contribution in [2.75, 3.05) is 10.2 Å². The minimum atomic E-state index is -0.614. The highest BCUT2D eigenvalue weighted by molar-refractivity contribution is 6.34. The van der Waals surface area contributed by atoms with Crippen molar-refractivity contribution in [2.24, 2.45) is 0 Å². The number of pyridine rings is 1. The molecule has 3 aromatic rings. The lowest BCUT2D eigenvalue weighted by molar-refractivity contribution is -0.116. The largest absolute Gasteiger partial charge is 0.326 e. The summed E-state index contributed by atoms with van der Waals surface area (Å²) in [5.41, 5.74) is 0.781. The molecule has 0 unspecified atom stereocenters. The van der Waals surface area contributed by atoms with Gasteiger partial charge in [-0.15, -0.1) is 0 Å². The van der Waals surface area contributed by atoms with Gasteiger partial charge >= 0.3 is 0 Å². The fraction of sp³-hybridized carbons (Fsp3) is 0.0952. The van der Waals surface area contributed by atoms with E-state index in [1.54, 1.807) is 6.07 Å². The van der Waals surface area contributed by atoms with Crippen molar-refractivity contribution in [2.45, 2.75) is 13.3 Å². The summed E-state index contributed by atoms with van der Waals surface area (Å²) in [6, 6.07) is 10.8. The summed E-state index contributed by atoms with van der Waals surface area (Å²) >= 11 is 12.0. The van der Waals surface area contributed by atoms with E-state index in [0.717, 1.165) is 11.0 Å². The van der Waals surface area contributed by atoms with E-state index in [1.165, 1.54) is 49.5 Å². The lowest BCUT2D eigenvalue weighted by Crippen LogP contribution is -2.24. The molecular formula is C21H15Cl2F2N3O2. The average Bonchev–Trinajstić information content (AvgIpc) is 2.68. The summed E-state index contributed by atoms with van der Waals surface area (Å²) in [5.74, 6) is -1.95. The maximum absolute atomic E-state index is 13.7. The first kappa shape index (κ1) is 21.7. The Morgan fingerprint density at radius 1 is 1.10 bits per heavy atom. The van der Waals surface area contributed by atoms with Gasteiger partial charge in [0, 0.05) is 24.9 Å². The van der Waals surface area contributed by atoms with Gasteiger partial charge in [-0.2, -0.15) is 0 Å². The number of hydrogen-bond acceptors (Lipinski definition) is 3. The lowest BCUT2D eigenvalue weighted by Gasteiger charge is -2.22. The van der Waals surface area contributed by atoms with E-state index >= 15 is 0 Å². The Bertz CT molecular complexity index is 1130. The van der Waals surface area contributed by atoms with Crippen LogP contribution in [0.25, 0.3) is 0 Å². The Balaban J connectivity index is 1.85. The number of carbonyl (C=O) groups excluding carboxylic acids is 2. The molecule has 1 N–H and O–H groups in total. The molecule has 30 heavy (non-hydrogen) atoms. The van der Waals surface area contributed by atoms with Gasteiger partial charge in [-0.25, -0.2) is 13.8 Å². The van der Waals surface area contributed by atoms with Crippen LogP contribution in [0.5, 0.6) is 0 Å². The fourth-order valence-electron chi connectivity index (χ4n) is 2.79. The number of benzene rings is 2. The molecule has 0 aliphatic rings. The second-order valence-electron chi connectivity index (χ2n) is 6.29. The van der Waals surface area contributed by atoms with Gasteiger partial charge in [0.25, 0.3) is 0 Å². The van der Waals surface area contributed by atoms with Crippen molar-refractivity contribution in [1.29, 1.82) is 0 Å². The first-order valence-electron chi connectivity index (χ1n) is 8.71. The molecular weight excluding hydrogens is 435 g/mol. The van der Waals surface area contributed by atoms with Crippen molar-refractivity contribution in [3.05, 3.63) is 82.0 Å². The SMILES string of the molecule is CC(=O)N(c1cc(NC(=O)Cc2cccc(F)c2Cl)ccn1)c1cc(F)ccc1Cl. The van der Waals surface area contributed by atoms with Gasteiger partial charge in [0.05, 0.1) is 22.2 Å². The standard InChI is InChI=1S/C21H15Cl2F2N3O2/c1-12(29)28(18-10-14(24)5-6-16(18)22)19-11-15(7-8-26-19)27-20(30)9-13-3-2-4-17(25)21(13)23/h2-8,10-11H,9H2,1H3,(H,26,27,30). The molecule has 1 aromatic heterocycles. The van der Waals surface area contributed by atoms with Crippen LogP contribution in [0.15, 0.2) is 54.7 Å². The summed E-state index contributed by atoms with van der Waals surface area (Å²) in [4.78, 5) is 29.8. The maximum atomic E-state index is 13.7. The minimum absolute atomic E-state index is 0.117. The monoisotopic (exact) mass is 449 g/mol. The van der Waals surface area contributed by atoms with Crippen molar-refractivity contribution >= 4 is 52.2 Å². The summed E-state index contributed by atoms with van der Waals surface area (Å²) < 4.78 is 27.2. The minimum Gasteiger partial charge on any atom is -0.326 e. The number of aromatic nitrogens is 1. The van der Waals surface area contributed by atoms with E-state index < -0.39 is 23.4 Å². The molecule has 5 nitrogen and oxygen atoms in total. The topological polar surface area (TPSA) is 62.3 Å². The third-order valence-corrected chi connectivity index (χ3v) is 4.85. The molecule has 0 aliphatic heterocycles. The number of hydrogen-bond donors (Lipinski definition) is 1. The first-order valence-corrected chi connectivity index (χ1v) is 9.46. The molecule has 2 amide bonds. The molecule has 9 heteroatoms. The predicted octanol–water partition coefficient (Wildman–Crippen LogP) is 5.53. The molecule has 0 fully saturated rings. The number of anilines is 3. The Morgan fingerprint density at radius 3 is 2.60 bits per heavy atom. The van der Waals surface area contributed by atoms with Gasteiger partial charge in [0.15, 0.2) is 0 Å². The molecule has 154 valence electrons. The molecule has 0 spiro atoms. The number of nitrogens with zero attached hydrogens (tertiary/aromatic N) is 2. The highest BCUT2D eigenvalue weighted by Crippen LogP contribution is 2.32. The number of carbonyl (C=O) groups is 2. The highest BCUT2D eigenvalue weighted by atomic mass is 35.5. The van der Waals surface area contributed by atoms with Crippen LogP contribution in [-0.2, 0) is 16.0 Å². The van der Waals surface area contributed by atoms with Crippen LogP contribution in [0.4, 0.5) is 26.0 Å². The molecule has 0 aliphatic carbocycles. The van der Waals surface area contributed by atoms with Gasteiger partial charge in [0.1, 0.15) is 17.5 Å². The lowest BCUT2D eigenvalue weighted by atomic mass is 10.1. The normalized spacial score (nSPS) is 10.6. The Morgan fingerprint density at radius 2 is 1.87 bits per heavy atom. The van der Waals surface area contributed by atoms with Gasteiger partial charge in [-0.3, -0.25) is 14.5 Å². The number of rotatable bonds is 5. The Labute approximate surface area is 181 Å².